The molecule has 1 rings (SSSR count). The molecule has 0 unspecified atom stereocenters. The minimum atomic E-state index is -4.04. The quantitative estimate of drug-likeness (QED) is 0.828. The Hall–Kier alpha value is -0.290. The van der Waals surface area contributed by atoms with E-state index < -0.39 is 12.6 Å². The first-order chi connectivity index (χ1) is 8.29. The first-order valence-corrected chi connectivity index (χ1v) is 6.77. The molecule has 0 aromatic carbocycles. The Morgan fingerprint density at radius 2 is 1.83 bits per heavy atom. The maximum absolute atomic E-state index is 12.1. The van der Waals surface area contributed by atoms with E-state index in [1.807, 2.05) is 7.05 Å². The summed E-state index contributed by atoms with van der Waals surface area (Å²) in [6.07, 6.45) is -0.314. The fourth-order valence-electron chi connectivity index (χ4n) is 2.80. The molecule has 2 nitrogen and oxygen atoms in total. The molecule has 0 aromatic rings. The zero-order valence-corrected chi connectivity index (χ0v) is 11.4. The van der Waals surface area contributed by atoms with Crippen LogP contribution in [0.1, 0.15) is 45.4 Å². The summed E-state index contributed by atoms with van der Waals surface area (Å²) in [6, 6.07) is 0. The molecule has 0 spiro atoms. The van der Waals surface area contributed by atoms with Gasteiger partial charge < -0.3 is 5.73 Å². The Balaban J connectivity index is 2.44. The topological polar surface area (TPSA) is 29.3 Å². The molecule has 0 aromatic heterocycles. The van der Waals surface area contributed by atoms with Crippen molar-refractivity contribution in [3.63, 3.8) is 0 Å². The minimum absolute atomic E-state index is 0.0713. The maximum Gasteiger partial charge on any atom is 0.389 e. The van der Waals surface area contributed by atoms with Gasteiger partial charge in [-0.1, -0.05) is 6.92 Å². The van der Waals surface area contributed by atoms with E-state index >= 15 is 0 Å². The van der Waals surface area contributed by atoms with Crippen molar-refractivity contribution in [3.05, 3.63) is 0 Å². The predicted octanol–water partition coefficient (Wildman–Crippen LogP) is 3.17. The number of nitrogens with zero attached hydrogens (tertiary/aromatic N) is 1. The molecule has 1 aliphatic rings. The Kier molecular flexibility index (Phi) is 5.46. The van der Waals surface area contributed by atoms with Gasteiger partial charge in [-0.15, -0.1) is 0 Å². The largest absolute Gasteiger partial charge is 0.389 e. The van der Waals surface area contributed by atoms with Crippen molar-refractivity contribution in [1.82, 2.24) is 4.90 Å². The molecule has 2 N–H and O–H groups in total. The Morgan fingerprint density at radius 1 is 1.28 bits per heavy atom. The fourth-order valence-corrected chi connectivity index (χ4v) is 2.80. The van der Waals surface area contributed by atoms with Crippen LogP contribution in [0, 0.1) is 5.92 Å². The molecular formula is C13H25F3N2. The second kappa shape index (κ2) is 6.24. The number of hydrogen-bond donors (Lipinski definition) is 1. The highest BCUT2D eigenvalue weighted by Crippen LogP contribution is 2.35. The van der Waals surface area contributed by atoms with Crippen molar-refractivity contribution in [2.24, 2.45) is 11.7 Å². The lowest BCUT2D eigenvalue weighted by atomic mass is 9.76. The predicted molar refractivity (Wildman–Crippen MR) is 67.3 cm³/mol. The Labute approximate surface area is 108 Å². The van der Waals surface area contributed by atoms with E-state index in [2.05, 4.69) is 11.8 Å². The van der Waals surface area contributed by atoms with Crippen molar-refractivity contribution in [2.45, 2.75) is 57.2 Å². The monoisotopic (exact) mass is 266 g/mol. The van der Waals surface area contributed by atoms with Gasteiger partial charge in [-0.2, -0.15) is 13.2 Å². The molecular weight excluding hydrogens is 241 g/mol. The van der Waals surface area contributed by atoms with Crippen LogP contribution in [-0.2, 0) is 0 Å². The third-order valence-corrected chi connectivity index (χ3v) is 4.35. The SMILES string of the molecule is CC1CCC(CN)(N(C)CCCC(F)(F)F)CC1. The van der Waals surface area contributed by atoms with Crippen LogP contribution in [0.2, 0.25) is 0 Å². The number of nitrogens with two attached hydrogens (primary N) is 1. The summed E-state index contributed by atoms with van der Waals surface area (Å²) in [5.41, 5.74) is 5.81. The summed E-state index contributed by atoms with van der Waals surface area (Å²) >= 11 is 0. The van der Waals surface area contributed by atoms with E-state index in [4.69, 9.17) is 5.73 Å². The van der Waals surface area contributed by atoms with Gasteiger partial charge in [-0.3, -0.25) is 4.90 Å². The van der Waals surface area contributed by atoms with Gasteiger partial charge in [0, 0.05) is 18.5 Å². The molecule has 1 aliphatic carbocycles. The van der Waals surface area contributed by atoms with Gasteiger partial charge in [0.15, 0.2) is 0 Å². The lowest BCUT2D eigenvalue weighted by Crippen LogP contribution is -2.54. The second-order valence-electron chi connectivity index (χ2n) is 5.75. The normalized spacial score (nSPS) is 29.8. The number of halogens is 3. The molecule has 0 atom stereocenters. The van der Waals surface area contributed by atoms with Crippen LogP contribution in [0.5, 0.6) is 0 Å². The number of hydrogen-bond acceptors (Lipinski definition) is 2. The summed E-state index contributed by atoms with van der Waals surface area (Å²) in [6.45, 7) is 3.25. The minimum Gasteiger partial charge on any atom is -0.329 e. The van der Waals surface area contributed by atoms with Gasteiger partial charge in [0.25, 0.3) is 0 Å². The molecule has 1 fully saturated rings. The maximum atomic E-state index is 12.1. The Bertz CT molecular complexity index is 245. The third-order valence-electron chi connectivity index (χ3n) is 4.35. The zero-order chi connectivity index (χ0) is 13.8. The lowest BCUT2D eigenvalue weighted by molar-refractivity contribution is -0.136. The van der Waals surface area contributed by atoms with Gasteiger partial charge in [-0.05, 0) is 51.6 Å². The van der Waals surface area contributed by atoms with E-state index in [1.165, 1.54) is 0 Å². The van der Waals surface area contributed by atoms with Gasteiger partial charge in [0.1, 0.15) is 0 Å². The van der Waals surface area contributed by atoms with Crippen molar-refractivity contribution in [1.29, 1.82) is 0 Å². The third kappa shape index (κ3) is 4.43. The molecule has 0 radical (unpaired) electrons. The van der Waals surface area contributed by atoms with Crippen molar-refractivity contribution < 1.29 is 13.2 Å². The molecule has 108 valence electrons. The summed E-state index contributed by atoms with van der Waals surface area (Å²) in [7, 11) is 1.92. The molecule has 0 aliphatic heterocycles. The summed E-state index contributed by atoms with van der Waals surface area (Å²) in [5.74, 6) is 0.716. The summed E-state index contributed by atoms with van der Waals surface area (Å²) in [5, 5.41) is 0. The zero-order valence-electron chi connectivity index (χ0n) is 11.4. The summed E-state index contributed by atoms with van der Waals surface area (Å²) < 4.78 is 36.4. The lowest BCUT2D eigenvalue weighted by Gasteiger charge is -2.45. The summed E-state index contributed by atoms with van der Waals surface area (Å²) in [4.78, 5) is 2.06. The smallest absolute Gasteiger partial charge is 0.329 e. The molecule has 5 heteroatoms. The molecule has 0 saturated heterocycles. The van der Waals surface area contributed by atoms with E-state index in [0.29, 0.717) is 19.0 Å². The van der Waals surface area contributed by atoms with Crippen LogP contribution in [0.25, 0.3) is 0 Å². The molecule has 0 bridgehead atoms. The van der Waals surface area contributed by atoms with E-state index in [0.717, 1.165) is 25.7 Å². The molecule has 0 heterocycles. The van der Waals surface area contributed by atoms with E-state index in [1.54, 1.807) is 0 Å². The highest BCUT2D eigenvalue weighted by Gasteiger charge is 2.36. The van der Waals surface area contributed by atoms with Gasteiger partial charge in [0.05, 0.1) is 0 Å². The first-order valence-electron chi connectivity index (χ1n) is 6.77. The molecule has 0 amide bonds. The Morgan fingerprint density at radius 3 is 2.28 bits per heavy atom. The first kappa shape index (κ1) is 15.8. The van der Waals surface area contributed by atoms with Crippen LogP contribution in [0.15, 0.2) is 0 Å². The van der Waals surface area contributed by atoms with Crippen molar-refractivity contribution in [3.8, 4) is 0 Å². The average Bonchev–Trinajstić information content (AvgIpc) is 2.28. The highest BCUT2D eigenvalue weighted by molar-refractivity contribution is 4.94. The van der Waals surface area contributed by atoms with Crippen LogP contribution >= 0.6 is 0 Å². The van der Waals surface area contributed by atoms with Crippen molar-refractivity contribution >= 4 is 0 Å². The van der Waals surface area contributed by atoms with Crippen LogP contribution in [-0.4, -0.2) is 36.8 Å². The van der Waals surface area contributed by atoms with Crippen LogP contribution in [0.3, 0.4) is 0 Å². The van der Waals surface area contributed by atoms with Crippen LogP contribution < -0.4 is 5.73 Å². The van der Waals surface area contributed by atoms with Gasteiger partial charge in [-0.25, -0.2) is 0 Å². The highest BCUT2D eigenvalue weighted by atomic mass is 19.4. The fraction of sp³-hybridized carbons (Fsp3) is 1.00. The van der Waals surface area contributed by atoms with Crippen molar-refractivity contribution in [2.75, 3.05) is 20.1 Å². The van der Waals surface area contributed by atoms with Gasteiger partial charge >= 0.3 is 6.18 Å². The second-order valence-corrected chi connectivity index (χ2v) is 5.75. The number of likely N-dealkylation sites (N-methyl/N-ethyl adjacent to an activating group) is 1. The molecule has 18 heavy (non-hydrogen) atoms. The van der Waals surface area contributed by atoms with E-state index in [-0.39, 0.29) is 12.0 Å². The standard InChI is InChI=1S/C13H25F3N2/c1-11-4-7-12(10-17,8-5-11)18(2)9-3-6-13(14,15)16/h11H,3-10,17H2,1-2H3. The van der Waals surface area contributed by atoms with Gasteiger partial charge in [0.2, 0.25) is 0 Å². The average molecular weight is 266 g/mol. The van der Waals surface area contributed by atoms with E-state index in [9.17, 15) is 13.2 Å². The number of alkyl halides is 3. The molecule has 1 saturated carbocycles. The number of rotatable bonds is 5. The van der Waals surface area contributed by atoms with Crippen LogP contribution in [0.4, 0.5) is 13.2 Å².